The van der Waals surface area contributed by atoms with Crippen molar-refractivity contribution in [3.05, 3.63) is 52.9 Å². The SMILES string of the molecule is CCN(CC)S(=O)(=O)c1ccc(Cl)c(C(=O)OCC(=O)NCc2ccco2)c1. The fraction of sp³-hybridized carbons (Fsp3) is 0.333. The molecule has 1 amide bonds. The Balaban J connectivity index is 2.05. The topological polar surface area (TPSA) is 106 Å². The van der Waals surface area contributed by atoms with Crippen LogP contribution in [-0.4, -0.2) is 44.3 Å². The second kappa shape index (κ2) is 9.72. The second-order valence-corrected chi connectivity index (χ2v) is 8.01. The van der Waals surface area contributed by atoms with Crippen molar-refractivity contribution in [2.24, 2.45) is 0 Å². The van der Waals surface area contributed by atoms with E-state index in [1.165, 1.54) is 22.7 Å². The van der Waals surface area contributed by atoms with Gasteiger partial charge in [0.05, 0.1) is 28.3 Å². The van der Waals surface area contributed by atoms with Crippen LogP contribution >= 0.6 is 11.6 Å². The van der Waals surface area contributed by atoms with Crippen molar-refractivity contribution in [1.29, 1.82) is 0 Å². The summed E-state index contributed by atoms with van der Waals surface area (Å²) in [6, 6.07) is 7.16. The maximum absolute atomic E-state index is 12.6. The first kappa shape index (κ1) is 21.9. The molecule has 0 aliphatic carbocycles. The standard InChI is InChI=1S/C18H21ClN2O6S/c1-3-21(4-2)28(24,25)14-7-8-16(19)15(10-14)18(23)27-12-17(22)20-11-13-6-5-9-26-13/h5-10H,3-4,11-12H2,1-2H3,(H,20,22). The third-order valence-corrected chi connectivity index (χ3v) is 6.25. The first-order valence-corrected chi connectivity index (χ1v) is 10.4. The normalized spacial score (nSPS) is 11.4. The number of furan rings is 1. The van der Waals surface area contributed by atoms with Gasteiger partial charge in [-0.25, -0.2) is 13.2 Å². The van der Waals surface area contributed by atoms with E-state index in [1.807, 2.05) is 0 Å². The first-order chi connectivity index (χ1) is 13.3. The minimum absolute atomic E-state index is 0.0273. The molecule has 0 fully saturated rings. The minimum atomic E-state index is -3.76. The van der Waals surface area contributed by atoms with Crippen LogP contribution in [0, 0.1) is 0 Å². The fourth-order valence-electron chi connectivity index (χ4n) is 2.39. The first-order valence-electron chi connectivity index (χ1n) is 8.55. The molecule has 1 aromatic carbocycles. The molecule has 2 aromatic rings. The molecule has 0 radical (unpaired) electrons. The van der Waals surface area contributed by atoms with Crippen molar-refractivity contribution >= 4 is 33.5 Å². The molecule has 1 N–H and O–H groups in total. The van der Waals surface area contributed by atoms with E-state index < -0.39 is 28.5 Å². The van der Waals surface area contributed by atoms with Crippen LogP contribution in [0.15, 0.2) is 45.9 Å². The molecule has 152 valence electrons. The zero-order valence-corrected chi connectivity index (χ0v) is 17.0. The monoisotopic (exact) mass is 428 g/mol. The van der Waals surface area contributed by atoms with Gasteiger partial charge < -0.3 is 14.5 Å². The molecule has 10 heteroatoms. The highest BCUT2D eigenvalue weighted by Crippen LogP contribution is 2.23. The number of carbonyl (C=O) groups excluding carboxylic acids is 2. The number of amides is 1. The molecule has 28 heavy (non-hydrogen) atoms. The predicted molar refractivity (Wildman–Crippen MR) is 102 cm³/mol. The van der Waals surface area contributed by atoms with Crippen LogP contribution in [0.1, 0.15) is 30.0 Å². The van der Waals surface area contributed by atoms with Crippen LogP contribution in [0.4, 0.5) is 0 Å². The number of rotatable bonds is 9. The summed E-state index contributed by atoms with van der Waals surface area (Å²) in [4.78, 5) is 24.0. The molecule has 0 saturated carbocycles. The molecular formula is C18H21ClN2O6S. The molecule has 0 atom stereocenters. The molecule has 1 heterocycles. The summed E-state index contributed by atoms with van der Waals surface area (Å²) in [7, 11) is -3.76. The van der Waals surface area contributed by atoms with E-state index in [-0.39, 0.29) is 35.1 Å². The van der Waals surface area contributed by atoms with Crippen molar-refractivity contribution in [1.82, 2.24) is 9.62 Å². The van der Waals surface area contributed by atoms with Crippen LogP contribution in [0.3, 0.4) is 0 Å². The van der Waals surface area contributed by atoms with Crippen LogP contribution in [0.25, 0.3) is 0 Å². The van der Waals surface area contributed by atoms with Gasteiger partial charge in [-0.05, 0) is 30.3 Å². The predicted octanol–water partition coefficient (Wildman–Crippen LogP) is 2.44. The van der Waals surface area contributed by atoms with Crippen LogP contribution in [0.5, 0.6) is 0 Å². The lowest BCUT2D eigenvalue weighted by Gasteiger charge is -2.19. The van der Waals surface area contributed by atoms with E-state index in [9.17, 15) is 18.0 Å². The average molecular weight is 429 g/mol. The Kier molecular flexibility index (Phi) is 7.61. The largest absolute Gasteiger partial charge is 0.467 e. The van der Waals surface area contributed by atoms with Gasteiger partial charge >= 0.3 is 5.97 Å². The van der Waals surface area contributed by atoms with Gasteiger partial charge in [-0.3, -0.25) is 4.79 Å². The van der Waals surface area contributed by atoms with Crippen LogP contribution in [-0.2, 0) is 26.1 Å². The van der Waals surface area contributed by atoms with Gasteiger partial charge in [-0.15, -0.1) is 0 Å². The Morgan fingerprint density at radius 3 is 2.54 bits per heavy atom. The van der Waals surface area contributed by atoms with Gasteiger partial charge in [0.15, 0.2) is 6.61 Å². The number of hydrogen-bond acceptors (Lipinski definition) is 6. The molecule has 1 aromatic heterocycles. The number of nitrogens with zero attached hydrogens (tertiary/aromatic N) is 1. The highest BCUT2D eigenvalue weighted by Gasteiger charge is 2.24. The summed E-state index contributed by atoms with van der Waals surface area (Å²) >= 11 is 6.01. The third kappa shape index (κ3) is 5.34. The number of hydrogen-bond donors (Lipinski definition) is 1. The van der Waals surface area contributed by atoms with Crippen molar-refractivity contribution in [2.45, 2.75) is 25.3 Å². The third-order valence-electron chi connectivity index (χ3n) is 3.88. The van der Waals surface area contributed by atoms with Gasteiger partial charge in [0.1, 0.15) is 5.76 Å². The Morgan fingerprint density at radius 1 is 1.21 bits per heavy atom. The maximum atomic E-state index is 12.6. The van der Waals surface area contributed by atoms with Gasteiger partial charge in [0.25, 0.3) is 5.91 Å². The molecule has 0 unspecified atom stereocenters. The van der Waals surface area contributed by atoms with E-state index in [2.05, 4.69) is 5.32 Å². The number of esters is 1. The smallest absolute Gasteiger partial charge is 0.340 e. The van der Waals surface area contributed by atoms with Gasteiger partial charge in [-0.1, -0.05) is 25.4 Å². The van der Waals surface area contributed by atoms with Crippen molar-refractivity contribution in [2.75, 3.05) is 19.7 Å². The average Bonchev–Trinajstić information content (AvgIpc) is 3.19. The van der Waals surface area contributed by atoms with E-state index in [4.69, 9.17) is 20.8 Å². The number of benzene rings is 1. The van der Waals surface area contributed by atoms with Crippen molar-refractivity contribution in [3.8, 4) is 0 Å². The molecular weight excluding hydrogens is 408 g/mol. The maximum Gasteiger partial charge on any atom is 0.340 e. The molecule has 0 aliphatic rings. The second-order valence-electron chi connectivity index (χ2n) is 5.66. The van der Waals surface area contributed by atoms with Crippen molar-refractivity contribution in [3.63, 3.8) is 0 Å². The summed E-state index contributed by atoms with van der Waals surface area (Å²) in [6.45, 7) is 3.62. The minimum Gasteiger partial charge on any atom is -0.467 e. The summed E-state index contributed by atoms with van der Waals surface area (Å²) in [5.41, 5.74) is -0.131. The fourth-order valence-corrected chi connectivity index (χ4v) is 4.07. The molecule has 2 rings (SSSR count). The lowest BCUT2D eigenvalue weighted by Crippen LogP contribution is -2.31. The number of nitrogens with one attached hydrogen (secondary N) is 1. The van der Waals surface area contributed by atoms with E-state index in [0.717, 1.165) is 6.07 Å². The highest BCUT2D eigenvalue weighted by molar-refractivity contribution is 7.89. The molecule has 0 saturated heterocycles. The lowest BCUT2D eigenvalue weighted by atomic mass is 10.2. The Hall–Kier alpha value is -2.36. The molecule has 0 spiro atoms. The van der Waals surface area contributed by atoms with Crippen LogP contribution in [0.2, 0.25) is 5.02 Å². The number of ether oxygens (including phenoxy) is 1. The summed E-state index contributed by atoms with van der Waals surface area (Å²) in [5.74, 6) is -0.875. The van der Waals surface area contributed by atoms with E-state index in [1.54, 1.807) is 26.0 Å². The van der Waals surface area contributed by atoms with E-state index in [0.29, 0.717) is 5.76 Å². The Bertz CT molecular complexity index is 924. The number of carbonyl (C=O) groups is 2. The van der Waals surface area contributed by atoms with E-state index >= 15 is 0 Å². The number of halogens is 1. The van der Waals surface area contributed by atoms with Crippen molar-refractivity contribution < 1.29 is 27.2 Å². The zero-order chi connectivity index (χ0) is 20.7. The lowest BCUT2D eigenvalue weighted by molar-refractivity contribution is -0.124. The Labute approximate surface area is 168 Å². The molecule has 0 aliphatic heterocycles. The van der Waals surface area contributed by atoms with Gasteiger partial charge in [0, 0.05) is 13.1 Å². The quantitative estimate of drug-likeness (QED) is 0.615. The molecule has 0 bridgehead atoms. The summed E-state index contributed by atoms with van der Waals surface area (Å²) in [5, 5.41) is 2.55. The highest BCUT2D eigenvalue weighted by atomic mass is 35.5. The van der Waals surface area contributed by atoms with Gasteiger partial charge in [-0.2, -0.15) is 4.31 Å². The Morgan fingerprint density at radius 2 is 1.93 bits per heavy atom. The number of sulfonamides is 1. The summed E-state index contributed by atoms with van der Waals surface area (Å²) < 4.78 is 36.5. The summed E-state index contributed by atoms with van der Waals surface area (Å²) in [6.07, 6.45) is 1.47. The van der Waals surface area contributed by atoms with Crippen LogP contribution < -0.4 is 5.32 Å². The molecule has 8 nitrogen and oxygen atoms in total. The zero-order valence-electron chi connectivity index (χ0n) is 15.5. The van der Waals surface area contributed by atoms with Gasteiger partial charge in [0.2, 0.25) is 10.0 Å².